The van der Waals surface area contributed by atoms with Crippen LogP contribution in [0.4, 0.5) is 0 Å². The Morgan fingerprint density at radius 1 is 0.308 bits per heavy atom. The number of rotatable bonds is 8. The summed E-state index contributed by atoms with van der Waals surface area (Å²) in [5.41, 5.74) is 6.48. The Hall–Kier alpha value is -4.14. The first-order valence-corrected chi connectivity index (χ1v) is 18.4. The average Bonchev–Trinajstić information content (AvgIpc) is 3.04. The first-order chi connectivity index (χ1) is 19.3. The maximum absolute atomic E-state index is 3.02. The molecule has 1 heteroatoms. The van der Waals surface area contributed by atoms with Crippen molar-refractivity contribution in [2.45, 2.75) is 11.7 Å². The molecule has 188 valence electrons. The van der Waals surface area contributed by atoms with Gasteiger partial charge in [-0.15, -0.1) is 0 Å². The van der Waals surface area contributed by atoms with E-state index < -0.39 is 13.3 Å². The Bertz CT molecular complexity index is 1550. The first-order valence-electron chi connectivity index (χ1n) is 13.7. The summed E-state index contributed by atoms with van der Waals surface area (Å²) in [6.07, 6.45) is 1.05. The molecule has 0 bridgehead atoms. The third-order valence-electron chi connectivity index (χ3n) is 7.87. The van der Waals surface area contributed by atoms with Gasteiger partial charge in [0.2, 0.25) is 0 Å². The Morgan fingerprint density at radius 2 is 0.641 bits per heavy atom. The Labute approximate surface area is 235 Å². The molecule has 0 aliphatic carbocycles. The van der Waals surface area contributed by atoms with Crippen molar-refractivity contribution in [1.29, 1.82) is 0 Å². The zero-order valence-electron chi connectivity index (χ0n) is 22.1. The van der Waals surface area contributed by atoms with Gasteiger partial charge in [-0.25, -0.2) is 0 Å². The van der Waals surface area contributed by atoms with Gasteiger partial charge in [-0.3, -0.25) is 0 Å². The summed E-state index contributed by atoms with van der Waals surface area (Å²) in [5.74, 6) is 0. The van der Waals surface area contributed by atoms with Crippen LogP contribution in [-0.2, 0) is 6.42 Å². The van der Waals surface area contributed by atoms with Crippen LogP contribution in [0, 0.1) is 0 Å². The van der Waals surface area contributed by atoms with Crippen molar-refractivity contribution in [2.75, 3.05) is 0 Å². The molecule has 0 spiro atoms. The van der Waals surface area contributed by atoms with E-state index in [1.165, 1.54) is 41.0 Å². The summed E-state index contributed by atoms with van der Waals surface area (Å²) in [5, 5.41) is 1.16. The van der Waals surface area contributed by atoms with Gasteiger partial charge in [-0.1, -0.05) is 0 Å². The van der Waals surface area contributed by atoms with E-state index in [0.717, 1.165) is 11.7 Å². The molecule has 0 unspecified atom stereocenters. The van der Waals surface area contributed by atoms with Crippen LogP contribution < -0.4 is 13.2 Å². The van der Waals surface area contributed by atoms with Crippen LogP contribution in [0.2, 0.25) is 5.25 Å². The summed E-state index contributed by atoms with van der Waals surface area (Å²) in [6.45, 7) is 0. The van der Waals surface area contributed by atoms with Crippen LogP contribution in [0.3, 0.4) is 0 Å². The predicted octanol–water partition coefficient (Wildman–Crippen LogP) is 7.73. The fraction of sp³-hybridized carbons (Fsp3) is 0.0526. The molecule has 0 heterocycles. The van der Waals surface area contributed by atoms with Gasteiger partial charge in [-0.2, -0.15) is 0 Å². The monoisotopic (exact) mass is 562 g/mol. The Balaban J connectivity index is 1.41. The molecule has 6 aromatic rings. The topological polar surface area (TPSA) is 0 Å². The van der Waals surface area contributed by atoms with Crippen LogP contribution in [0.5, 0.6) is 0 Å². The molecule has 0 radical (unpaired) electrons. The van der Waals surface area contributed by atoms with Crippen LogP contribution in [-0.4, -0.2) is 13.3 Å². The Kier molecular flexibility index (Phi) is 7.56. The molecule has 0 aromatic heterocycles. The minimum absolute atomic E-state index is 1.05. The third-order valence-corrected chi connectivity index (χ3v) is 18.3. The fourth-order valence-electron chi connectivity index (χ4n) is 5.78. The molecule has 0 saturated heterocycles. The van der Waals surface area contributed by atoms with E-state index in [1.807, 2.05) is 0 Å². The van der Waals surface area contributed by atoms with Crippen LogP contribution in [0.15, 0.2) is 170 Å². The van der Waals surface area contributed by atoms with Crippen molar-refractivity contribution in [3.05, 3.63) is 175 Å². The van der Waals surface area contributed by atoms with Crippen molar-refractivity contribution in [3.8, 4) is 22.3 Å². The molecular weight excluding hydrogens is 529 g/mol. The molecule has 0 atom stereocenters. The normalized spacial score (nSPS) is 11.3. The number of benzene rings is 6. The molecule has 0 fully saturated rings. The number of aryl methyl sites for hydroxylation is 1. The summed E-state index contributed by atoms with van der Waals surface area (Å²) in [7, 11) is 0. The third kappa shape index (κ3) is 5.39. The van der Waals surface area contributed by atoms with Gasteiger partial charge >= 0.3 is 236 Å². The summed E-state index contributed by atoms with van der Waals surface area (Å²) in [4.78, 5) is 0. The molecule has 6 rings (SSSR count). The van der Waals surface area contributed by atoms with Crippen LogP contribution in [0.1, 0.15) is 5.56 Å². The quantitative estimate of drug-likeness (QED) is 0.167. The molecule has 0 saturated carbocycles. The SMILES string of the molecule is c1ccc(-c2ccc(C[CH2][Ge]([c]3ccccc3)([c]3ccccc3)[c]3ccc(-c4ccccc4)cc3)cc2)cc1. The summed E-state index contributed by atoms with van der Waals surface area (Å²) < 4.78 is 4.53. The summed E-state index contributed by atoms with van der Waals surface area (Å²) >= 11 is -3.02. The van der Waals surface area contributed by atoms with E-state index in [0.29, 0.717) is 0 Å². The zero-order valence-corrected chi connectivity index (χ0v) is 24.2. The first kappa shape index (κ1) is 25.2. The van der Waals surface area contributed by atoms with E-state index in [4.69, 9.17) is 0 Å². The van der Waals surface area contributed by atoms with Gasteiger partial charge in [0.1, 0.15) is 0 Å². The van der Waals surface area contributed by atoms with E-state index in [-0.39, 0.29) is 0 Å². The van der Waals surface area contributed by atoms with Gasteiger partial charge in [-0.05, 0) is 0 Å². The average molecular weight is 561 g/mol. The zero-order chi connectivity index (χ0) is 26.3. The molecular formula is C38H32Ge. The molecule has 0 aliphatic rings. The number of hydrogen-bond donors (Lipinski definition) is 0. The van der Waals surface area contributed by atoms with Crippen molar-refractivity contribution in [1.82, 2.24) is 0 Å². The number of hydrogen-bond acceptors (Lipinski definition) is 0. The minimum atomic E-state index is -3.02. The maximum atomic E-state index is 2.42. The van der Waals surface area contributed by atoms with Crippen molar-refractivity contribution in [3.63, 3.8) is 0 Å². The van der Waals surface area contributed by atoms with E-state index in [1.54, 1.807) is 0 Å². The van der Waals surface area contributed by atoms with Crippen LogP contribution >= 0.6 is 0 Å². The second-order valence-electron chi connectivity index (χ2n) is 10.1. The van der Waals surface area contributed by atoms with Crippen molar-refractivity contribution in [2.24, 2.45) is 0 Å². The predicted molar refractivity (Wildman–Crippen MR) is 170 cm³/mol. The van der Waals surface area contributed by atoms with Gasteiger partial charge < -0.3 is 0 Å². The Morgan fingerprint density at radius 3 is 1.08 bits per heavy atom. The van der Waals surface area contributed by atoms with Gasteiger partial charge in [0.05, 0.1) is 0 Å². The second-order valence-corrected chi connectivity index (χ2v) is 18.6. The molecule has 0 N–H and O–H groups in total. The van der Waals surface area contributed by atoms with Crippen molar-refractivity contribution >= 4 is 26.5 Å². The van der Waals surface area contributed by atoms with Crippen LogP contribution in [0.25, 0.3) is 22.3 Å². The van der Waals surface area contributed by atoms with E-state index in [9.17, 15) is 0 Å². The fourth-order valence-corrected chi connectivity index (χ4v) is 15.8. The van der Waals surface area contributed by atoms with Crippen molar-refractivity contribution < 1.29 is 0 Å². The molecule has 0 amide bonds. The molecule has 0 aliphatic heterocycles. The standard InChI is InChI=1S/C38H32Ge/c1-5-13-32(14-6-1)34-23-21-31(22-24-34)29-30-39(36-17-9-3-10-18-36,37-19-11-4-12-20-37)38-27-25-35(26-28-38)33-15-7-2-8-16-33/h1-28H,29-30H2. The molecule has 0 nitrogen and oxygen atoms in total. The molecule has 39 heavy (non-hydrogen) atoms. The van der Waals surface area contributed by atoms with Gasteiger partial charge in [0.25, 0.3) is 0 Å². The van der Waals surface area contributed by atoms with E-state index in [2.05, 4.69) is 170 Å². The summed E-state index contributed by atoms with van der Waals surface area (Å²) in [6, 6.07) is 62.6. The van der Waals surface area contributed by atoms with Gasteiger partial charge in [0.15, 0.2) is 0 Å². The van der Waals surface area contributed by atoms with Gasteiger partial charge in [0, 0.05) is 0 Å². The molecule has 6 aromatic carbocycles. The van der Waals surface area contributed by atoms with E-state index >= 15 is 0 Å². The second kappa shape index (κ2) is 11.7.